The van der Waals surface area contributed by atoms with E-state index in [0.29, 0.717) is 35.2 Å². The zero-order valence-corrected chi connectivity index (χ0v) is 14.5. The molecule has 1 aliphatic heterocycles. The van der Waals surface area contributed by atoms with Crippen LogP contribution in [0.5, 0.6) is 0 Å². The van der Waals surface area contributed by atoms with Crippen LogP contribution in [0, 0.1) is 5.92 Å². The standard InChI is InChI=1S/C17H18Cl2N2O3/c18-11-4-5-13-12(8-11)15(19)16(20-13)17(24)21-7-1-2-10(9-21)3-6-14(22)23/h4-5,8,10,20H,1-3,6-7,9H2,(H,22,23). The van der Waals surface area contributed by atoms with Gasteiger partial charge in [0, 0.05) is 35.4 Å². The predicted octanol–water partition coefficient (Wildman–Crippen LogP) is 4.19. The second kappa shape index (κ2) is 7.03. The van der Waals surface area contributed by atoms with Crippen molar-refractivity contribution in [3.63, 3.8) is 0 Å². The van der Waals surface area contributed by atoms with Crippen molar-refractivity contribution in [2.75, 3.05) is 13.1 Å². The van der Waals surface area contributed by atoms with E-state index >= 15 is 0 Å². The number of benzene rings is 1. The van der Waals surface area contributed by atoms with Gasteiger partial charge in [0.2, 0.25) is 0 Å². The molecular weight excluding hydrogens is 351 g/mol. The van der Waals surface area contributed by atoms with E-state index in [0.717, 1.165) is 23.7 Å². The molecule has 1 aliphatic rings. The Balaban J connectivity index is 1.78. The Labute approximate surface area is 149 Å². The Morgan fingerprint density at radius 3 is 2.88 bits per heavy atom. The Morgan fingerprint density at radius 1 is 1.33 bits per heavy atom. The molecule has 0 bridgehead atoms. The third-order valence-corrected chi connectivity index (χ3v) is 5.11. The number of carbonyl (C=O) groups excluding carboxylic acids is 1. The minimum atomic E-state index is -0.797. The second-order valence-electron chi connectivity index (χ2n) is 6.20. The number of fused-ring (bicyclic) bond motifs is 1. The number of hydrogen-bond acceptors (Lipinski definition) is 2. The molecule has 1 unspecified atom stereocenters. The first kappa shape index (κ1) is 17.1. The van der Waals surface area contributed by atoms with Crippen LogP contribution in [0.15, 0.2) is 18.2 Å². The lowest BCUT2D eigenvalue weighted by Crippen LogP contribution is -2.40. The largest absolute Gasteiger partial charge is 0.481 e. The van der Waals surface area contributed by atoms with E-state index in [2.05, 4.69) is 4.98 Å². The predicted molar refractivity (Wildman–Crippen MR) is 93.8 cm³/mol. The summed E-state index contributed by atoms with van der Waals surface area (Å²) in [6, 6.07) is 5.28. The molecule has 7 heteroatoms. The van der Waals surface area contributed by atoms with Crippen LogP contribution in [0.2, 0.25) is 10.0 Å². The van der Waals surface area contributed by atoms with Gasteiger partial charge < -0.3 is 15.0 Å². The first-order valence-corrected chi connectivity index (χ1v) is 8.69. The molecule has 1 aromatic heterocycles. The van der Waals surface area contributed by atoms with Gasteiger partial charge in [0.25, 0.3) is 5.91 Å². The molecule has 5 nitrogen and oxygen atoms in total. The molecule has 3 rings (SSSR count). The molecule has 1 saturated heterocycles. The van der Waals surface area contributed by atoms with Gasteiger partial charge in [0.1, 0.15) is 5.69 Å². The topological polar surface area (TPSA) is 73.4 Å². The van der Waals surface area contributed by atoms with Crippen molar-refractivity contribution in [2.24, 2.45) is 5.92 Å². The number of carboxylic acid groups (broad SMARTS) is 1. The fourth-order valence-electron chi connectivity index (χ4n) is 3.25. The average Bonchev–Trinajstić information content (AvgIpc) is 2.89. The highest BCUT2D eigenvalue weighted by molar-refractivity contribution is 6.39. The number of carbonyl (C=O) groups is 2. The quantitative estimate of drug-likeness (QED) is 0.849. The molecule has 0 aliphatic carbocycles. The number of rotatable bonds is 4. The molecule has 1 atom stereocenters. The van der Waals surface area contributed by atoms with E-state index in [9.17, 15) is 9.59 Å². The van der Waals surface area contributed by atoms with Gasteiger partial charge in [-0.1, -0.05) is 23.2 Å². The smallest absolute Gasteiger partial charge is 0.303 e. The highest BCUT2D eigenvalue weighted by Crippen LogP contribution is 2.31. The maximum Gasteiger partial charge on any atom is 0.303 e. The number of carboxylic acids is 1. The highest BCUT2D eigenvalue weighted by atomic mass is 35.5. The fraction of sp³-hybridized carbons (Fsp3) is 0.412. The van der Waals surface area contributed by atoms with Crippen molar-refractivity contribution >= 4 is 46.0 Å². The molecule has 2 heterocycles. The summed E-state index contributed by atoms with van der Waals surface area (Å²) in [6.45, 7) is 1.23. The molecule has 2 aromatic rings. The summed E-state index contributed by atoms with van der Waals surface area (Å²) in [4.78, 5) is 28.4. The van der Waals surface area contributed by atoms with E-state index in [-0.39, 0.29) is 18.2 Å². The number of amides is 1. The molecule has 1 fully saturated rings. The Morgan fingerprint density at radius 2 is 2.12 bits per heavy atom. The molecule has 1 aromatic carbocycles. The number of piperidine rings is 1. The number of hydrogen-bond donors (Lipinski definition) is 2. The number of nitrogens with one attached hydrogen (secondary N) is 1. The molecule has 2 N–H and O–H groups in total. The van der Waals surface area contributed by atoms with Crippen molar-refractivity contribution in [2.45, 2.75) is 25.7 Å². The van der Waals surface area contributed by atoms with Crippen LogP contribution < -0.4 is 0 Å². The maximum atomic E-state index is 12.8. The highest BCUT2D eigenvalue weighted by Gasteiger charge is 2.27. The first-order chi connectivity index (χ1) is 11.5. The van der Waals surface area contributed by atoms with Crippen molar-refractivity contribution in [3.8, 4) is 0 Å². The SMILES string of the molecule is O=C(O)CCC1CCCN(C(=O)c2[nH]c3ccc(Cl)cc3c2Cl)C1. The van der Waals surface area contributed by atoms with Crippen LogP contribution in [-0.2, 0) is 4.79 Å². The summed E-state index contributed by atoms with van der Waals surface area (Å²) in [5, 5.41) is 10.5. The first-order valence-electron chi connectivity index (χ1n) is 7.93. The van der Waals surface area contributed by atoms with Crippen LogP contribution in [0.3, 0.4) is 0 Å². The minimum absolute atomic E-state index is 0.137. The summed E-state index contributed by atoms with van der Waals surface area (Å²) in [5.74, 6) is -0.724. The summed E-state index contributed by atoms with van der Waals surface area (Å²) < 4.78 is 0. The number of nitrogens with zero attached hydrogens (tertiary/aromatic N) is 1. The van der Waals surface area contributed by atoms with E-state index in [1.807, 2.05) is 0 Å². The Hall–Kier alpha value is -1.72. The molecule has 0 radical (unpaired) electrons. The number of H-pyrrole nitrogens is 1. The van der Waals surface area contributed by atoms with Gasteiger partial charge in [0.05, 0.1) is 5.02 Å². The molecule has 128 valence electrons. The van der Waals surface area contributed by atoms with Crippen LogP contribution in [-0.4, -0.2) is 40.0 Å². The van der Waals surface area contributed by atoms with E-state index in [4.69, 9.17) is 28.3 Å². The van der Waals surface area contributed by atoms with Crippen LogP contribution in [0.4, 0.5) is 0 Å². The van der Waals surface area contributed by atoms with Gasteiger partial charge in [0.15, 0.2) is 0 Å². The average molecular weight is 369 g/mol. The molecule has 1 amide bonds. The van der Waals surface area contributed by atoms with Crippen molar-refractivity contribution in [1.29, 1.82) is 0 Å². The van der Waals surface area contributed by atoms with E-state index in [1.165, 1.54) is 0 Å². The second-order valence-corrected chi connectivity index (χ2v) is 7.01. The number of halogens is 2. The van der Waals surface area contributed by atoms with Gasteiger partial charge in [-0.15, -0.1) is 0 Å². The van der Waals surface area contributed by atoms with Crippen molar-refractivity contribution in [1.82, 2.24) is 9.88 Å². The molecule has 24 heavy (non-hydrogen) atoms. The normalized spacial score (nSPS) is 18.1. The van der Waals surface area contributed by atoms with Gasteiger partial charge >= 0.3 is 5.97 Å². The van der Waals surface area contributed by atoms with Crippen molar-refractivity contribution in [3.05, 3.63) is 33.9 Å². The minimum Gasteiger partial charge on any atom is -0.481 e. The third-order valence-electron chi connectivity index (χ3n) is 4.48. The van der Waals surface area contributed by atoms with Crippen molar-refractivity contribution < 1.29 is 14.7 Å². The summed E-state index contributed by atoms with van der Waals surface area (Å²) >= 11 is 12.4. The lowest BCUT2D eigenvalue weighted by molar-refractivity contribution is -0.137. The zero-order valence-electron chi connectivity index (χ0n) is 13.0. The summed E-state index contributed by atoms with van der Waals surface area (Å²) in [7, 11) is 0. The Kier molecular flexibility index (Phi) is 5.01. The zero-order chi connectivity index (χ0) is 17.3. The lowest BCUT2D eigenvalue weighted by atomic mass is 9.93. The fourth-order valence-corrected chi connectivity index (χ4v) is 3.71. The van der Waals surface area contributed by atoms with Gasteiger partial charge in [-0.3, -0.25) is 9.59 Å². The van der Waals surface area contributed by atoms with E-state index in [1.54, 1.807) is 23.1 Å². The van der Waals surface area contributed by atoms with Crippen LogP contribution >= 0.6 is 23.2 Å². The maximum absolute atomic E-state index is 12.8. The monoisotopic (exact) mass is 368 g/mol. The number of aromatic amines is 1. The van der Waals surface area contributed by atoms with Gasteiger partial charge in [-0.25, -0.2) is 0 Å². The van der Waals surface area contributed by atoms with Crippen LogP contribution in [0.25, 0.3) is 10.9 Å². The summed E-state index contributed by atoms with van der Waals surface area (Å²) in [6.07, 6.45) is 2.56. The lowest BCUT2D eigenvalue weighted by Gasteiger charge is -2.32. The third kappa shape index (κ3) is 3.52. The summed E-state index contributed by atoms with van der Waals surface area (Å²) in [5.41, 5.74) is 1.14. The number of aromatic nitrogens is 1. The molecule has 0 spiro atoms. The van der Waals surface area contributed by atoms with Crippen LogP contribution in [0.1, 0.15) is 36.2 Å². The van der Waals surface area contributed by atoms with E-state index < -0.39 is 5.97 Å². The molecular formula is C17H18Cl2N2O3. The van der Waals surface area contributed by atoms with Gasteiger partial charge in [-0.05, 0) is 43.4 Å². The van der Waals surface area contributed by atoms with Gasteiger partial charge in [-0.2, -0.15) is 0 Å². The molecule has 0 saturated carbocycles. The Bertz CT molecular complexity index is 787. The number of aliphatic carboxylic acids is 1. The number of likely N-dealkylation sites (tertiary alicyclic amines) is 1.